The van der Waals surface area contributed by atoms with E-state index in [4.69, 9.17) is 0 Å². The summed E-state index contributed by atoms with van der Waals surface area (Å²) in [5, 5.41) is 34.6. The van der Waals surface area contributed by atoms with E-state index in [9.17, 15) is 24.9 Å². The fourth-order valence-electron chi connectivity index (χ4n) is 3.69. The number of hydrogen-bond acceptors (Lipinski definition) is 5. The summed E-state index contributed by atoms with van der Waals surface area (Å²) in [4.78, 5) is 24.5. The molecule has 1 aromatic heterocycles. The van der Waals surface area contributed by atoms with Gasteiger partial charge in [0, 0.05) is 16.7 Å². The summed E-state index contributed by atoms with van der Waals surface area (Å²) in [5.74, 6) is -1.63. The van der Waals surface area contributed by atoms with E-state index >= 15 is 0 Å². The van der Waals surface area contributed by atoms with Crippen molar-refractivity contribution >= 4 is 17.3 Å². The van der Waals surface area contributed by atoms with E-state index in [2.05, 4.69) is 5.10 Å². The zero-order valence-electron chi connectivity index (χ0n) is 15.5. The van der Waals surface area contributed by atoms with Gasteiger partial charge in [0.1, 0.15) is 6.10 Å². The molecule has 3 N–H and O–H groups in total. The number of carboxylic acid groups (broad SMARTS) is 1. The number of para-hydroxylation sites is 1. The second kappa shape index (κ2) is 7.12. The van der Waals surface area contributed by atoms with Gasteiger partial charge in [-0.1, -0.05) is 30.4 Å². The Morgan fingerprint density at radius 3 is 2.62 bits per heavy atom. The Morgan fingerprint density at radius 2 is 1.97 bits per heavy atom. The predicted octanol–water partition coefficient (Wildman–Crippen LogP) is 1.88. The van der Waals surface area contributed by atoms with E-state index in [0.29, 0.717) is 28.2 Å². The number of benzene rings is 1. The van der Waals surface area contributed by atoms with Crippen LogP contribution in [0.5, 0.6) is 0 Å². The zero-order valence-corrected chi connectivity index (χ0v) is 15.5. The second-order valence-corrected chi connectivity index (χ2v) is 6.76. The average Bonchev–Trinajstić information content (AvgIpc) is 3.05. The van der Waals surface area contributed by atoms with Gasteiger partial charge in [0.15, 0.2) is 5.78 Å². The van der Waals surface area contributed by atoms with Crippen molar-refractivity contribution < 1.29 is 24.9 Å². The van der Waals surface area contributed by atoms with E-state index in [0.717, 1.165) is 0 Å². The molecular weight excluding hydrogens is 372 g/mol. The monoisotopic (exact) mass is 390 g/mol. The number of aliphatic hydroxyl groups excluding tert-OH is 2. The van der Waals surface area contributed by atoms with Crippen molar-refractivity contribution in [2.75, 3.05) is 0 Å². The molecule has 7 nitrogen and oxygen atoms in total. The minimum atomic E-state index is -1.42. The van der Waals surface area contributed by atoms with Crippen molar-refractivity contribution in [2.45, 2.75) is 19.6 Å². The Labute approximate surface area is 166 Å². The minimum absolute atomic E-state index is 0.205. The van der Waals surface area contributed by atoms with Crippen LogP contribution >= 0.6 is 0 Å². The Kier molecular flexibility index (Phi) is 4.62. The second-order valence-electron chi connectivity index (χ2n) is 6.76. The smallest absolute Gasteiger partial charge is 0.334 e. The van der Waals surface area contributed by atoms with Gasteiger partial charge in [-0.05, 0) is 36.8 Å². The minimum Gasteiger partial charge on any atom is -0.478 e. The standard InChI is InChI=1S/C22H18N2O5/c1-12-17(11-25)20(24(23-12)13-6-3-2-4-7-13)15-10-16(22(28)29)21(27)14-8-5-9-18(26)19(14)15/h2-10,21,25,27H,11H2,1H3,(H,28,29). The molecule has 1 unspecified atom stereocenters. The van der Waals surface area contributed by atoms with Crippen LogP contribution in [0, 0.1) is 6.92 Å². The molecule has 2 aliphatic carbocycles. The summed E-state index contributed by atoms with van der Waals surface area (Å²) in [5.41, 5.74) is 2.63. The molecule has 7 heteroatoms. The first-order valence-corrected chi connectivity index (χ1v) is 8.99. The molecule has 0 saturated carbocycles. The zero-order chi connectivity index (χ0) is 20.7. The number of fused-ring (bicyclic) bond motifs is 1. The van der Waals surface area contributed by atoms with Crippen molar-refractivity contribution in [2.24, 2.45) is 0 Å². The van der Waals surface area contributed by atoms with Crippen LogP contribution in [0.2, 0.25) is 0 Å². The van der Waals surface area contributed by atoms with E-state index in [1.54, 1.807) is 11.6 Å². The first-order chi connectivity index (χ1) is 13.9. The Hall–Kier alpha value is -3.55. The van der Waals surface area contributed by atoms with E-state index in [-0.39, 0.29) is 29.1 Å². The molecular formula is C22H18N2O5. The molecule has 0 fully saturated rings. The lowest BCUT2D eigenvalue weighted by atomic mass is 9.79. The van der Waals surface area contributed by atoms with Gasteiger partial charge in [-0.15, -0.1) is 0 Å². The quantitative estimate of drug-likeness (QED) is 0.735. The van der Waals surface area contributed by atoms with E-state index in [1.165, 1.54) is 24.3 Å². The normalized spacial score (nSPS) is 18.4. The first-order valence-electron chi connectivity index (χ1n) is 8.99. The highest BCUT2D eigenvalue weighted by atomic mass is 16.4. The number of carbonyl (C=O) groups is 2. The van der Waals surface area contributed by atoms with Crippen molar-refractivity contribution in [3.8, 4) is 5.69 Å². The van der Waals surface area contributed by atoms with Crippen LogP contribution in [-0.2, 0) is 16.2 Å². The molecule has 0 aliphatic heterocycles. The van der Waals surface area contributed by atoms with Crippen LogP contribution in [0.15, 0.2) is 71.4 Å². The lowest BCUT2D eigenvalue weighted by Gasteiger charge is -2.27. The molecule has 0 amide bonds. The largest absolute Gasteiger partial charge is 0.478 e. The molecule has 0 bridgehead atoms. The summed E-state index contributed by atoms with van der Waals surface area (Å²) in [6.07, 6.45) is 4.25. The van der Waals surface area contributed by atoms with Crippen LogP contribution < -0.4 is 0 Å². The number of aliphatic carboxylic acids is 1. The third-order valence-corrected chi connectivity index (χ3v) is 5.06. The topological polar surface area (TPSA) is 113 Å². The van der Waals surface area contributed by atoms with Crippen LogP contribution in [0.4, 0.5) is 0 Å². The van der Waals surface area contributed by atoms with Gasteiger partial charge in [0.25, 0.3) is 0 Å². The van der Waals surface area contributed by atoms with Crippen LogP contribution in [0.3, 0.4) is 0 Å². The molecule has 0 spiro atoms. The number of ketones is 1. The molecule has 146 valence electrons. The number of aromatic nitrogens is 2. The number of aliphatic hydroxyl groups is 2. The van der Waals surface area contributed by atoms with Crippen molar-refractivity contribution in [1.82, 2.24) is 9.78 Å². The number of allylic oxidation sites excluding steroid dienone is 5. The maximum Gasteiger partial charge on any atom is 0.334 e. The lowest BCUT2D eigenvalue weighted by Crippen LogP contribution is -2.28. The van der Waals surface area contributed by atoms with Gasteiger partial charge in [-0.3, -0.25) is 4.79 Å². The molecule has 1 aromatic carbocycles. The lowest BCUT2D eigenvalue weighted by molar-refractivity contribution is -0.133. The maximum atomic E-state index is 12.7. The number of hydrogen-bond donors (Lipinski definition) is 3. The summed E-state index contributed by atoms with van der Waals surface area (Å²) in [7, 11) is 0. The first kappa shape index (κ1) is 18.8. The van der Waals surface area contributed by atoms with Crippen LogP contribution in [0.25, 0.3) is 11.3 Å². The Bertz CT molecular complexity index is 1150. The molecule has 1 heterocycles. The summed E-state index contributed by atoms with van der Waals surface area (Å²) < 4.78 is 1.58. The number of nitrogens with zero attached hydrogens (tertiary/aromatic N) is 2. The third kappa shape index (κ3) is 2.97. The van der Waals surface area contributed by atoms with Gasteiger partial charge in [0.2, 0.25) is 0 Å². The van der Waals surface area contributed by atoms with Crippen LogP contribution in [0.1, 0.15) is 17.0 Å². The molecule has 1 atom stereocenters. The number of rotatable bonds is 4. The summed E-state index contributed by atoms with van der Waals surface area (Å²) >= 11 is 0. The number of aryl methyl sites for hydroxylation is 1. The van der Waals surface area contributed by atoms with E-state index in [1.807, 2.05) is 30.3 Å². The van der Waals surface area contributed by atoms with E-state index < -0.39 is 12.1 Å². The van der Waals surface area contributed by atoms with Gasteiger partial charge in [-0.25, -0.2) is 9.48 Å². The van der Waals surface area contributed by atoms with Crippen LogP contribution in [-0.4, -0.2) is 43.0 Å². The van der Waals surface area contributed by atoms with Gasteiger partial charge < -0.3 is 15.3 Å². The molecule has 0 radical (unpaired) electrons. The third-order valence-electron chi connectivity index (χ3n) is 5.06. The molecule has 29 heavy (non-hydrogen) atoms. The predicted molar refractivity (Wildman–Crippen MR) is 105 cm³/mol. The van der Waals surface area contributed by atoms with Crippen molar-refractivity contribution in [3.05, 3.63) is 88.3 Å². The summed E-state index contributed by atoms with van der Waals surface area (Å²) in [6, 6.07) is 9.15. The fraction of sp³-hybridized carbons (Fsp3) is 0.136. The number of carbonyl (C=O) groups excluding carboxylic acids is 1. The van der Waals surface area contributed by atoms with Crippen molar-refractivity contribution in [1.29, 1.82) is 0 Å². The molecule has 2 aliphatic rings. The highest BCUT2D eigenvalue weighted by Gasteiger charge is 2.36. The maximum absolute atomic E-state index is 12.7. The van der Waals surface area contributed by atoms with Gasteiger partial charge in [0.05, 0.1) is 29.3 Å². The molecule has 0 saturated heterocycles. The molecule has 2 aromatic rings. The van der Waals surface area contributed by atoms with Crippen molar-refractivity contribution in [3.63, 3.8) is 0 Å². The van der Waals surface area contributed by atoms with Gasteiger partial charge in [-0.2, -0.15) is 5.10 Å². The summed E-state index contributed by atoms with van der Waals surface area (Å²) in [6.45, 7) is 1.39. The Morgan fingerprint density at radius 1 is 1.24 bits per heavy atom. The Balaban J connectivity index is 2.09. The highest BCUT2D eigenvalue weighted by molar-refractivity contribution is 6.17. The SMILES string of the molecule is Cc1nn(-c2ccccc2)c(C2=C3C(=O)C=CC=C3C(O)C(C(=O)O)=C2)c1CO. The molecule has 4 rings (SSSR count). The number of carboxylic acids is 1. The van der Waals surface area contributed by atoms with Gasteiger partial charge >= 0.3 is 5.97 Å². The fourth-order valence-corrected chi connectivity index (χ4v) is 3.69. The average molecular weight is 390 g/mol. The highest BCUT2D eigenvalue weighted by Crippen LogP contribution is 2.39.